The molecule has 0 aromatic carbocycles. The number of cyclic esters (lactones) is 1. The SMILES string of the molecule is CC(C)C1=C(C(C)C)N2CCNCC2COC1=O. The average molecular weight is 252 g/mol. The second-order valence-electron chi connectivity index (χ2n) is 5.76. The van der Waals surface area contributed by atoms with Crippen LogP contribution in [-0.4, -0.2) is 43.2 Å². The first-order valence-electron chi connectivity index (χ1n) is 6.91. The van der Waals surface area contributed by atoms with E-state index in [4.69, 9.17) is 4.74 Å². The Kier molecular flexibility index (Phi) is 3.95. The Morgan fingerprint density at radius 2 is 2.00 bits per heavy atom. The molecule has 0 aliphatic carbocycles. The van der Waals surface area contributed by atoms with E-state index in [1.807, 2.05) is 0 Å². The zero-order valence-electron chi connectivity index (χ0n) is 11.8. The standard InChI is InChI=1S/C14H24N2O2/c1-9(2)12-13(10(3)4)16-6-5-15-7-11(16)8-18-14(12)17/h9-11,15H,5-8H2,1-4H3. The van der Waals surface area contributed by atoms with E-state index >= 15 is 0 Å². The summed E-state index contributed by atoms with van der Waals surface area (Å²) in [5.41, 5.74) is 2.06. The van der Waals surface area contributed by atoms with Gasteiger partial charge in [0, 0.05) is 25.3 Å². The fourth-order valence-electron chi connectivity index (χ4n) is 2.91. The van der Waals surface area contributed by atoms with Crippen LogP contribution in [0.3, 0.4) is 0 Å². The quantitative estimate of drug-likeness (QED) is 0.754. The molecule has 0 spiro atoms. The van der Waals surface area contributed by atoms with Crippen LogP contribution in [0.25, 0.3) is 0 Å². The van der Waals surface area contributed by atoms with Crippen LogP contribution in [0.4, 0.5) is 0 Å². The zero-order valence-corrected chi connectivity index (χ0v) is 11.8. The Labute approximate surface area is 109 Å². The first-order chi connectivity index (χ1) is 8.52. The molecular weight excluding hydrogens is 228 g/mol. The lowest BCUT2D eigenvalue weighted by Crippen LogP contribution is -2.52. The molecule has 0 saturated carbocycles. The topological polar surface area (TPSA) is 41.6 Å². The van der Waals surface area contributed by atoms with Crippen molar-refractivity contribution >= 4 is 5.97 Å². The van der Waals surface area contributed by atoms with Gasteiger partial charge in [-0.05, 0) is 11.8 Å². The van der Waals surface area contributed by atoms with Crippen molar-refractivity contribution in [2.45, 2.75) is 33.7 Å². The van der Waals surface area contributed by atoms with Gasteiger partial charge in [-0.25, -0.2) is 4.79 Å². The molecule has 0 amide bonds. The number of hydrogen-bond donors (Lipinski definition) is 1. The number of fused-ring (bicyclic) bond motifs is 1. The van der Waals surface area contributed by atoms with Crippen LogP contribution >= 0.6 is 0 Å². The van der Waals surface area contributed by atoms with Gasteiger partial charge in [0.1, 0.15) is 6.61 Å². The molecule has 1 atom stereocenters. The van der Waals surface area contributed by atoms with E-state index < -0.39 is 0 Å². The summed E-state index contributed by atoms with van der Waals surface area (Å²) in [6, 6.07) is 0.288. The summed E-state index contributed by atoms with van der Waals surface area (Å²) in [6.45, 7) is 11.8. The first-order valence-corrected chi connectivity index (χ1v) is 6.91. The Bertz CT molecular complexity index is 361. The molecule has 2 heterocycles. The van der Waals surface area contributed by atoms with Crippen LogP contribution in [0.1, 0.15) is 27.7 Å². The van der Waals surface area contributed by atoms with Crippen molar-refractivity contribution in [3.63, 3.8) is 0 Å². The van der Waals surface area contributed by atoms with Crippen LogP contribution in [0.15, 0.2) is 11.3 Å². The summed E-state index contributed by atoms with van der Waals surface area (Å²) in [4.78, 5) is 14.6. The summed E-state index contributed by atoms with van der Waals surface area (Å²) in [7, 11) is 0. The lowest BCUT2D eigenvalue weighted by atomic mass is 9.93. The minimum absolute atomic E-state index is 0.122. The second-order valence-corrected chi connectivity index (χ2v) is 5.76. The predicted octanol–water partition coefficient (Wildman–Crippen LogP) is 1.38. The van der Waals surface area contributed by atoms with E-state index in [0.29, 0.717) is 12.5 Å². The molecule has 4 heteroatoms. The van der Waals surface area contributed by atoms with Gasteiger partial charge >= 0.3 is 5.97 Å². The van der Waals surface area contributed by atoms with Crippen LogP contribution in [0, 0.1) is 11.8 Å². The molecular formula is C14H24N2O2. The number of carbonyl (C=O) groups excluding carboxylic acids is 1. The maximum atomic E-state index is 12.2. The Hall–Kier alpha value is -1.03. The average Bonchev–Trinajstić information content (AvgIpc) is 2.46. The molecule has 102 valence electrons. The first kappa shape index (κ1) is 13.4. The number of hydrogen-bond acceptors (Lipinski definition) is 4. The molecule has 18 heavy (non-hydrogen) atoms. The van der Waals surface area contributed by atoms with Gasteiger partial charge < -0.3 is 15.0 Å². The number of ether oxygens (including phenoxy) is 1. The van der Waals surface area contributed by atoms with Gasteiger partial charge in [-0.3, -0.25) is 0 Å². The van der Waals surface area contributed by atoms with Crippen molar-refractivity contribution in [2.75, 3.05) is 26.2 Å². The number of nitrogens with zero attached hydrogens (tertiary/aromatic N) is 1. The zero-order chi connectivity index (χ0) is 13.3. The lowest BCUT2D eigenvalue weighted by Gasteiger charge is -2.39. The molecule has 1 N–H and O–H groups in total. The fraction of sp³-hybridized carbons (Fsp3) is 0.786. The van der Waals surface area contributed by atoms with Gasteiger partial charge in [-0.1, -0.05) is 27.7 Å². The Morgan fingerprint density at radius 3 is 2.61 bits per heavy atom. The number of rotatable bonds is 2. The molecule has 0 aromatic rings. The van der Waals surface area contributed by atoms with Crippen molar-refractivity contribution in [1.29, 1.82) is 0 Å². The normalized spacial score (nSPS) is 25.3. The van der Waals surface area contributed by atoms with Crippen molar-refractivity contribution in [1.82, 2.24) is 10.2 Å². The van der Waals surface area contributed by atoms with Gasteiger partial charge in [0.05, 0.1) is 11.6 Å². The maximum Gasteiger partial charge on any atom is 0.336 e. The van der Waals surface area contributed by atoms with Crippen LogP contribution in [0.2, 0.25) is 0 Å². The Morgan fingerprint density at radius 1 is 1.28 bits per heavy atom. The minimum Gasteiger partial charge on any atom is -0.460 e. The van der Waals surface area contributed by atoms with E-state index in [1.165, 1.54) is 5.70 Å². The number of nitrogens with one attached hydrogen (secondary N) is 1. The lowest BCUT2D eigenvalue weighted by molar-refractivity contribution is -0.140. The molecule has 1 saturated heterocycles. The van der Waals surface area contributed by atoms with Gasteiger partial charge in [0.25, 0.3) is 0 Å². The van der Waals surface area contributed by atoms with E-state index in [-0.39, 0.29) is 17.9 Å². The third-order valence-corrected chi connectivity index (χ3v) is 3.69. The molecule has 0 bridgehead atoms. The number of piperazine rings is 1. The molecule has 2 aliphatic rings. The van der Waals surface area contributed by atoms with E-state index in [9.17, 15) is 4.79 Å². The van der Waals surface area contributed by atoms with Gasteiger partial charge in [-0.2, -0.15) is 0 Å². The van der Waals surface area contributed by atoms with Gasteiger partial charge in [0.2, 0.25) is 0 Å². The molecule has 0 radical (unpaired) electrons. The summed E-state index contributed by atoms with van der Waals surface area (Å²) in [5.74, 6) is 0.445. The second kappa shape index (κ2) is 5.31. The van der Waals surface area contributed by atoms with Gasteiger partial charge in [-0.15, -0.1) is 0 Å². The van der Waals surface area contributed by atoms with E-state index in [1.54, 1.807) is 0 Å². The highest BCUT2D eigenvalue weighted by atomic mass is 16.5. The summed E-state index contributed by atoms with van der Waals surface area (Å²) >= 11 is 0. The smallest absolute Gasteiger partial charge is 0.336 e. The van der Waals surface area contributed by atoms with Crippen molar-refractivity contribution < 1.29 is 9.53 Å². The van der Waals surface area contributed by atoms with Crippen molar-refractivity contribution in [3.8, 4) is 0 Å². The van der Waals surface area contributed by atoms with E-state index in [0.717, 1.165) is 25.2 Å². The molecule has 2 aliphatic heterocycles. The largest absolute Gasteiger partial charge is 0.460 e. The van der Waals surface area contributed by atoms with Crippen LogP contribution in [0.5, 0.6) is 0 Å². The highest BCUT2D eigenvalue weighted by molar-refractivity contribution is 5.90. The van der Waals surface area contributed by atoms with E-state index in [2.05, 4.69) is 37.9 Å². The Balaban J connectivity index is 2.46. The summed E-state index contributed by atoms with van der Waals surface area (Å²) in [5, 5.41) is 3.37. The molecule has 4 nitrogen and oxygen atoms in total. The maximum absolute atomic E-state index is 12.2. The highest BCUT2D eigenvalue weighted by Crippen LogP contribution is 2.30. The third-order valence-electron chi connectivity index (χ3n) is 3.69. The monoisotopic (exact) mass is 252 g/mol. The van der Waals surface area contributed by atoms with Crippen molar-refractivity contribution in [3.05, 3.63) is 11.3 Å². The third kappa shape index (κ3) is 2.39. The highest BCUT2D eigenvalue weighted by Gasteiger charge is 2.35. The number of carbonyl (C=O) groups is 1. The predicted molar refractivity (Wildman–Crippen MR) is 71.0 cm³/mol. The fourth-order valence-corrected chi connectivity index (χ4v) is 2.91. The van der Waals surface area contributed by atoms with Crippen LogP contribution < -0.4 is 5.32 Å². The molecule has 2 rings (SSSR count). The molecule has 0 aromatic heterocycles. The van der Waals surface area contributed by atoms with Crippen molar-refractivity contribution in [2.24, 2.45) is 11.8 Å². The number of esters is 1. The molecule has 1 unspecified atom stereocenters. The molecule has 1 fully saturated rings. The van der Waals surface area contributed by atoms with Crippen LogP contribution in [-0.2, 0) is 9.53 Å². The minimum atomic E-state index is -0.122. The number of allylic oxidation sites excluding steroid dienone is 1. The summed E-state index contributed by atoms with van der Waals surface area (Å²) in [6.07, 6.45) is 0. The summed E-state index contributed by atoms with van der Waals surface area (Å²) < 4.78 is 5.45. The van der Waals surface area contributed by atoms with Gasteiger partial charge in [0.15, 0.2) is 0 Å².